The summed E-state index contributed by atoms with van der Waals surface area (Å²) in [5.74, 6) is 0.629. The van der Waals surface area contributed by atoms with E-state index in [0.717, 1.165) is 26.7 Å². The molecule has 3 aromatic carbocycles. The van der Waals surface area contributed by atoms with Crippen molar-refractivity contribution in [1.82, 2.24) is 4.57 Å². The summed E-state index contributed by atoms with van der Waals surface area (Å²) in [6.07, 6.45) is 2.32. The van der Waals surface area contributed by atoms with Crippen molar-refractivity contribution in [3.8, 4) is 11.5 Å². The highest BCUT2D eigenvalue weighted by Gasteiger charge is 2.33. The third kappa shape index (κ3) is 5.78. The van der Waals surface area contributed by atoms with Crippen molar-refractivity contribution in [2.45, 2.75) is 32.9 Å². The second-order valence-electron chi connectivity index (χ2n) is 9.50. The van der Waals surface area contributed by atoms with Gasteiger partial charge in [-0.15, -0.1) is 0 Å². The van der Waals surface area contributed by atoms with E-state index in [-0.39, 0.29) is 5.56 Å². The summed E-state index contributed by atoms with van der Waals surface area (Å²) in [4.78, 5) is 32.1. The molecule has 0 fully saturated rings. The van der Waals surface area contributed by atoms with Crippen LogP contribution < -0.4 is 24.4 Å². The first-order valence-corrected chi connectivity index (χ1v) is 14.7. The Kier molecular flexibility index (Phi) is 8.56. The molecule has 0 unspecified atom stereocenters. The van der Waals surface area contributed by atoms with Gasteiger partial charge < -0.3 is 14.2 Å². The molecule has 210 valence electrons. The van der Waals surface area contributed by atoms with Gasteiger partial charge in [0, 0.05) is 4.47 Å². The molecule has 1 aliphatic heterocycles. The number of hydrogen-bond donors (Lipinski definition) is 0. The van der Waals surface area contributed by atoms with E-state index in [0.29, 0.717) is 45.1 Å². The van der Waals surface area contributed by atoms with E-state index >= 15 is 0 Å². The number of fused-ring (bicyclic) bond motifs is 1. The Balaban J connectivity index is 1.59. The van der Waals surface area contributed by atoms with Crippen LogP contribution in [0.1, 0.15) is 41.6 Å². The number of ether oxygens (including phenoxy) is 3. The Morgan fingerprint density at radius 2 is 1.85 bits per heavy atom. The minimum absolute atomic E-state index is 0.246. The van der Waals surface area contributed by atoms with Crippen LogP contribution in [0.4, 0.5) is 0 Å². The summed E-state index contributed by atoms with van der Waals surface area (Å²) in [5.41, 5.74) is 4.50. The molecule has 0 aliphatic carbocycles. The highest BCUT2D eigenvalue weighted by atomic mass is 79.9. The zero-order valence-electron chi connectivity index (χ0n) is 23.1. The molecule has 1 aliphatic rings. The van der Waals surface area contributed by atoms with E-state index < -0.39 is 12.0 Å². The Labute approximate surface area is 250 Å². The molecule has 1 aromatic heterocycles. The number of aryl methyl sites for hydroxylation is 1. The number of halogens is 1. The smallest absolute Gasteiger partial charge is 0.338 e. The number of carbonyl (C=O) groups excluding carboxylic acids is 1. The number of esters is 1. The summed E-state index contributed by atoms with van der Waals surface area (Å²) in [5, 5.41) is 0. The van der Waals surface area contributed by atoms with Crippen molar-refractivity contribution in [2.75, 3.05) is 14.2 Å². The summed E-state index contributed by atoms with van der Waals surface area (Å²) in [7, 11) is 2.93. The molecular formula is C32H29BrN2O5S. The normalized spacial score (nSPS) is 14.9. The van der Waals surface area contributed by atoms with Crippen LogP contribution in [0.15, 0.2) is 92.3 Å². The molecule has 41 heavy (non-hydrogen) atoms. The van der Waals surface area contributed by atoms with Crippen molar-refractivity contribution in [1.29, 1.82) is 0 Å². The van der Waals surface area contributed by atoms with E-state index in [1.54, 1.807) is 17.8 Å². The van der Waals surface area contributed by atoms with Gasteiger partial charge in [0.25, 0.3) is 5.56 Å². The van der Waals surface area contributed by atoms with Crippen LogP contribution in [0.25, 0.3) is 6.08 Å². The lowest BCUT2D eigenvalue weighted by Gasteiger charge is -2.25. The first kappa shape index (κ1) is 28.6. The zero-order chi connectivity index (χ0) is 29.1. The van der Waals surface area contributed by atoms with E-state index in [4.69, 9.17) is 19.2 Å². The molecule has 1 atom stereocenters. The summed E-state index contributed by atoms with van der Waals surface area (Å²) < 4.78 is 19.6. The van der Waals surface area contributed by atoms with E-state index in [2.05, 4.69) is 22.0 Å². The molecule has 4 aromatic rings. The highest BCUT2D eigenvalue weighted by molar-refractivity contribution is 9.10. The topological polar surface area (TPSA) is 79.1 Å². The average Bonchev–Trinajstić information content (AvgIpc) is 3.30. The fourth-order valence-electron chi connectivity index (χ4n) is 4.85. The molecule has 7 nitrogen and oxygen atoms in total. The molecule has 0 bridgehead atoms. The number of nitrogens with zero attached hydrogens (tertiary/aromatic N) is 2. The second kappa shape index (κ2) is 12.3. The molecule has 0 saturated heterocycles. The van der Waals surface area contributed by atoms with Crippen LogP contribution in [0, 0.1) is 6.92 Å². The van der Waals surface area contributed by atoms with Crippen molar-refractivity contribution < 1.29 is 19.0 Å². The van der Waals surface area contributed by atoms with E-state index in [9.17, 15) is 9.59 Å². The Hall–Kier alpha value is -3.95. The molecule has 5 rings (SSSR count). The minimum Gasteiger partial charge on any atom is -0.493 e. The molecular weight excluding hydrogens is 604 g/mol. The molecule has 0 N–H and O–H groups in total. The lowest BCUT2D eigenvalue weighted by molar-refractivity contribution is -0.136. The first-order chi connectivity index (χ1) is 19.8. The molecule has 9 heteroatoms. The van der Waals surface area contributed by atoms with Crippen LogP contribution in [-0.2, 0) is 16.1 Å². The van der Waals surface area contributed by atoms with Gasteiger partial charge in [-0.3, -0.25) is 9.36 Å². The third-order valence-electron chi connectivity index (χ3n) is 6.81. The number of thiazole rings is 1. The van der Waals surface area contributed by atoms with Crippen LogP contribution in [0.3, 0.4) is 0 Å². The van der Waals surface area contributed by atoms with Crippen molar-refractivity contribution in [3.63, 3.8) is 0 Å². The van der Waals surface area contributed by atoms with Gasteiger partial charge in [-0.2, -0.15) is 0 Å². The molecule has 2 heterocycles. The zero-order valence-corrected chi connectivity index (χ0v) is 25.5. The quantitative estimate of drug-likeness (QED) is 0.241. The fourth-order valence-corrected chi connectivity index (χ4v) is 6.30. The van der Waals surface area contributed by atoms with Crippen molar-refractivity contribution >= 4 is 39.3 Å². The molecule has 0 spiro atoms. The molecule has 0 amide bonds. The maximum absolute atomic E-state index is 13.9. The van der Waals surface area contributed by atoms with Gasteiger partial charge in [0.1, 0.15) is 6.61 Å². The maximum Gasteiger partial charge on any atom is 0.338 e. The first-order valence-electron chi connectivity index (χ1n) is 13.1. The predicted octanol–water partition coefficient (Wildman–Crippen LogP) is 5.46. The molecule has 0 radical (unpaired) electrons. The highest BCUT2D eigenvalue weighted by Crippen LogP contribution is 2.35. The third-order valence-corrected chi connectivity index (χ3v) is 8.48. The van der Waals surface area contributed by atoms with Crippen LogP contribution >= 0.6 is 27.3 Å². The lowest BCUT2D eigenvalue weighted by Crippen LogP contribution is -2.40. The molecule has 0 saturated carbocycles. The van der Waals surface area contributed by atoms with Crippen LogP contribution in [0.5, 0.6) is 11.5 Å². The van der Waals surface area contributed by atoms with Gasteiger partial charge >= 0.3 is 5.97 Å². The fraction of sp³-hybridized carbons (Fsp3) is 0.219. The Morgan fingerprint density at radius 3 is 2.54 bits per heavy atom. The number of methoxy groups -OCH3 is 2. The van der Waals surface area contributed by atoms with Gasteiger partial charge in [-0.25, -0.2) is 9.79 Å². The van der Waals surface area contributed by atoms with E-state index in [1.165, 1.54) is 18.4 Å². The van der Waals surface area contributed by atoms with Crippen LogP contribution in [-0.4, -0.2) is 24.8 Å². The monoisotopic (exact) mass is 632 g/mol. The number of rotatable bonds is 8. The number of aromatic nitrogens is 1. The van der Waals surface area contributed by atoms with Crippen molar-refractivity contribution in [2.24, 2.45) is 4.99 Å². The van der Waals surface area contributed by atoms with Gasteiger partial charge in [0.05, 0.1) is 36.1 Å². The standard InChI is InChI=1S/C32H29BrN2O5S/c1-5-24-28(31(37)39-4)29(21-12-7-6-8-13-21)35-30(36)27(41-32(35)34-24)16-22-15-25(38-3)26(17-23(22)33)40-18-20-11-9-10-19(2)14-20/h6-17,29H,5,18H2,1-4H3/b27-16-/t29-/m1/s1. The predicted molar refractivity (Wildman–Crippen MR) is 163 cm³/mol. The minimum atomic E-state index is -0.646. The number of allylic oxidation sites excluding steroid dienone is 1. The largest absolute Gasteiger partial charge is 0.493 e. The van der Waals surface area contributed by atoms with Gasteiger partial charge in [-0.05, 0) is 48.2 Å². The van der Waals surface area contributed by atoms with Gasteiger partial charge in [0.2, 0.25) is 0 Å². The summed E-state index contributed by atoms with van der Waals surface area (Å²) in [6, 6.07) is 20.6. The van der Waals surface area contributed by atoms with Crippen LogP contribution in [0.2, 0.25) is 0 Å². The van der Waals surface area contributed by atoms with E-state index in [1.807, 2.05) is 74.5 Å². The SMILES string of the molecule is CCC1=C(C(=O)OC)[C@@H](c2ccccc2)n2c(s/c(=C\c3cc(OC)c(OCc4cccc(C)c4)cc3Br)c2=O)=N1. The Bertz CT molecular complexity index is 1820. The summed E-state index contributed by atoms with van der Waals surface area (Å²) in [6.45, 7) is 4.37. The number of hydrogen-bond acceptors (Lipinski definition) is 7. The van der Waals surface area contributed by atoms with Gasteiger partial charge in [-0.1, -0.05) is 94.4 Å². The average molecular weight is 634 g/mol. The second-order valence-corrected chi connectivity index (χ2v) is 11.4. The lowest BCUT2D eigenvalue weighted by atomic mass is 9.95. The number of benzene rings is 3. The Morgan fingerprint density at radius 1 is 1.07 bits per heavy atom. The number of carbonyl (C=O) groups is 1. The summed E-state index contributed by atoms with van der Waals surface area (Å²) >= 11 is 4.93. The van der Waals surface area contributed by atoms with Gasteiger partial charge in [0.15, 0.2) is 16.3 Å². The maximum atomic E-state index is 13.9. The van der Waals surface area contributed by atoms with Crippen molar-refractivity contribution in [3.05, 3.63) is 124 Å².